The molecule has 6 nitrogen and oxygen atoms in total. The van der Waals surface area contributed by atoms with Crippen LogP contribution >= 0.6 is 0 Å². The average molecular weight is 780 g/mol. The van der Waals surface area contributed by atoms with Crippen LogP contribution in [0.3, 0.4) is 0 Å². The minimum absolute atomic E-state index is 0.00730. The number of carbonyl (C=O) groups is 2. The van der Waals surface area contributed by atoms with Crippen molar-refractivity contribution in [2.75, 3.05) is 47.1 Å². The Hall–Kier alpha value is -1.14. The summed E-state index contributed by atoms with van der Waals surface area (Å²) in [4.78, 5) is 26.7. The predicted octanol–water partition coefficient (Wildman–Crippen LogP) is 14.5. The molecule has 0 spiro atoms. The summed E-state index contributed by atoms with van der Waals surface area (Å²) in [6.45, 7) is 13.1. The van der Waals surface area contributed by atoms with E-state index in [1.807, 2.05) is 0 Å². The van der Waals surface area contributed by atoms with Crippen LogP contribution < -0.4 is 0 Å². The third-order valence-electron chi connectivity index (χ3n) is 11.7. The number of esters is 2. The summed E-state index contributed by atoms with van der Waals surface area (Å²) in [5.41, 5.74) is 0. The van der Waals surface area contributed by atoms with Gasteiger partial charge >= 0.3 is 11.9 Å². The highest BCUT2D eigenvalue weighted by atomic mass is 16.5. The van der Waals surface area contributed by atoms with Crippen LogP contribution in [0, 0.1) is 17.8 Å². The lowest BCUT2D eigenvalue weighted by Crippen LogP contribution is -2.16. The van der Waals surface area contributed by atoms with Gasteiger partial charge in [-0.3, -0.25) is 9.59 Å². The van der Waals surface area contributed by atoms with Gasteiger partial charge in [0.25, 0.3) is 0 Å². The zero-order valence-corrected chi connectivity index (χ0v) is 38.1. The molecule has 0 amide bonds. The summed E-state index contributed by atoms with van der Waals surface area (Å²) in [5.74, 6) is 2.14. The zero-order chi connectivity index (χ0) is 40.5. The van der Waals surface area contributed by atoms with Gasteiger partial charge in [0.05, 0.1) is 13.2 Å². The van der Waals surface area contributed by atoms with Crippen LogP contribution in [0.5, 0.6) is 0 Å². The Kier molecular flexibility index (Phi) is 41.6. The van der Waals surface area contributed by atoms with Crippen LogP contribution in [-0.4, -0.2) is 63.9 Å². The van der Waals surface area contributed by atoms with Crippen LogP contribution in [0.25, 0.3) is 0 Å². The molecule has 0 aromatic rings. The van der Waals surface area contributed by atoms with Gasteiger partial charge in [-0.05, 0) is 83.3 Å². The molecule has 0 saturated carbocycles. The molecule has 6 heteroatoms. The van der Waals surface area contributed by atoms with Gasteiger partial charge in [0, 0.05) is 26.1 Å². The number of unbranched alkanes of at least 4 members (excludes halogenated alkanes) is 16. The van der Waals surface area contributed by atoms with Gasteiger partial charge in [0.1, 0.15) is 0 Å². The Balaban J connectivity index is 4.06. The second-order valence-electron chi connectivity index (χ2n) is 17.4. The van der Waals surface area contributed by atoms with Crippen molar-refractivity contribution >= 4 is 11.9 Å². The standard InChI is InChI=1S/C49H97NO5/c1-7-11-30-45(31-12-8-2)38-42-54-48(51)36-27-23-19-15-17-21-25-34-47(44-53-41-29-40-50(5)6)35-26-22-18-16-20-24-28-37-49(52)55-43-39-46(32-13-9-3)33-14-10-4/h45-47H,7-44H2,1-6H3. The van der Waals surface area contributed by atoms with E-state index in [-0.39, 0.29) is 11.9 Å². The van der Waals surface area contributed by atoms with Crippen molar-refractivity contribution in [3.05, 3.63) is 0 Å². The Morgan fingerprint density at radius 2 is 0.745 bits per heavy atom. The number of nitrogens with zero attached hydrogens (tertiary/aromatic N) is 1. The highest BCUT2D eigenvalue weighted by molar-refractivity contribution is 5.69. The first-order valence-corrected chi connectivity index (χ1v) is 24.4. The first-order chi connectivity index (χ1) is 26.9. The Labute approximate surface area is 344 Å². The third-order valence-corrected chi connectivity index (χ3v) is 11.7. The molecule has 0 unspecified atom stereocenters. The normalized spacial score (nSPS) is 11.8. The topological polar surface area (TPSA) is 65.1 Å². The second kappa shape index (κ2) is 42.5. The van der Waals surface area contributed by atoms with E-state index in [4.69, 9.17) is 14.2 Å². The van der Waals surface area contributed by atoms with Crippen molar-refractivity contribution < 1.29 is 23.8 Å². The van der Waals surface area contributed by atoms with Crippen molar-refractivity contribution in [1.29, 1.82) is 0 Å². The lowest BCUT2D eigenvalue weighted by molar-refractivity contribution is -0.145. The second-order valence-corrected chi connectivity index (χ2v) is 17.4. The van der Waals surface area contributed by atoms with Gasteiger partial charge in [0.15, 0.2) is 0 Å². The monoisotopic (exact) mass is 780 g/mol. The molecule has 0 aliphatic heterocycles. The van der Waals surface area contributed by atoms with Crippen LogP contribution in [0.1, 0.15) is 240 Å². The number of ether oxygens (including phenoxy) is 3. The number of carbonyl (C=O) groups excluding carboxylic acids is 2. The number of hydrogen-bond acceptors (Lipinski definition) is 6. The Morgan fingerprint density at radius 1 is 0.400 bits per heavy atom. The van der Waals surface area contributed by atoms with Gasteiger partial charge in [0.2, 0.25) is 0 Å². The summed E-state index contributed by atoms with van der Waals surface area (Å²) in [6, 6.07) is 0. The first-order valence-electron chi connectivity index (χ1n) is 24.4. The molecule has 0 bridgehead atoms. The number of rotatable bonds is 44. The fourth-order valence-corrected chi connectivity index (χ4v) is 7.88. The van der Waals surface area contributed by atoms with E-state index in [1.54, 1.807) is 0 Å². The minimum atomic E-state index is 0.00730. The summed E-state index contributed by atoms with van der Waals surface area (Å²) < 4.78 is 17.4. The fourth-order valence-electron chi connectivity index (χ4n) is 7.88. The molecule has 0 radical (unpaired) electrons. The molecular weight excluding hydrogens is 683 g/mol. The molecule has 328 valence electrons. The maximum atomic E-state index is 12.2. The molecule has 0 rings (SSSR count). The Bertz CT molecular complexity index is 732. The van der Waals surface area contributed by atoms with Crippen molar-refractivity contribution in [2.24, 2.45) is 17.8 Å². The maximum Gasteiger partial charge on any atom is 0.305 e. The van der Waals surface area contributed by atoms with Crippen molar-refractivity contribution in [1.82, 2.24) is 4.90 Å². The molecule has 0 fully saturated rings. The predicted molar refractivity (Wildman–Crippen MR) is 237 cm³/mol. The van der Waals surface area contributed by atoms with Gasteiger partial charge in [-0.25, -0.2) is 0 Å². The van der Waals surface area contributed by atoms with Crippen molar-refractivity contribution in [2.45, 2.75) is 240 Å². The molecule has 0 atom stereocenters. The maximum absolute atomic E-state index is 12.2. The highest BCUT2D eigenvalue weighted by Crippen LogP contribution is 2.23. The quantitative estimate of drug-likeness (QED) is 0.0453. The van der Waals surface area contributed by atoms with E-state index in [2.05, 4.69) is 46.7 Å². The molecule has 0 heterocycles. The molecule has 0 aromatic heterocycles. The summed E-state index contributed by atoms with van der Waals surface area (Å²) in [7, 11) is 4.26. The molecule has 55 heavy (non-hydrogen) atoms. The van der Waals surface area contributed by atoms with Crippen LogP contribution in [0.4, 0.5) is 0 Å². The number of hydrogen-bond donors (Lipinski definition) is 0. The summed E-state index contributed by atoms with van der Waals surface area (Å²) in [5, 5.41) is 0. The SMILES string of the molecule is CCCCC(CCCC)CCOC(=O)CCCCCCCCCC(CCCCCCCCCC(=O)OCCC(CCCC)CCCC)COCCCN(C)C. The largest absolute Gasteiger partial charge is 0.466 e. The van der Waals surface area contributed by atoms with Gasteiger partial charge in [-0.2, -0.15) is 0 Å². The van der Waals surface area contributed by atoms with E-state index in [9.17, 15) is 9.59 Å². The lowest BCUT2D eigenvalue weighted by Gasteiger charge is -2.18. The van der Waals surface area contributed by atoms with E-state index >= 15 is 0 Å². The molecule has 0 saturated heterocycles. The molecule has 0 aromatic carbocycles. The molecular formula is C49H97NO5. The van der Waals surface area contributed by atoms with Crippen molar-refractivity contribution in [3.8, 4) is 0 Å². The van der Waals surface area contributed by atoms with Crippen LogP contribution in [0.2, 0.25) is 0 Å². The van der Waals surface area contributed by atoms with E-state index in [0.29, 0.717) is 32.0 Å². The molecule has 0 aliphatic carbocycles. The van der Waals surface area contributed by atoms with Gasteiger partial charge in [-0.15, -0.1) is 0 Å². The van der Waals surface area contributed by atoms with E-state index in [1.165, 1.54) is 154 Å². The van der Waals surface area contributed by atoms with Gasteiger partial charge in [-0.1, -0.05) is 182 Å². The lowest BCUT2D eigenvalue weighted by atomic mass is 9.93. The summed E-state index contributed by atoms with van der Waals surface area (Å²) >= 11 is 0. The van der Waals surface area contributed by atoms with E-state index in [0.717, 1.165) is 76.5 Å². The minimum Gasteiger partial charge on any atom is -0.466 e. The zero-order valence-electron chi connectivity index (χ0n) is 38.1. The Morgan fingerprint density at radius 3 is 1.11 bits per heavy atom. The average Bonchev–Trinajstić information content (AvgIpc) is 3.17. The highest BCUT2D eigenvalue weighted by Gasteiger charge is 2.13. The molecule has 0 N–H and O–H groups in total. The molecule has 0 aliphatic rings. The van der Waals surface area contributed by atoms with Crippen LogP contribution in [0.15, 0.2) is 0 Å². The van der Waals surface area contributed by atoms with Crippen molar-refractivity contribution in [3.63, 3.8) is 0 Å². The summed E-state index contributed by atoms with van der Waals surface area (Å²) in [6.07, 6.45) is 39.2. The third kappa shape index (κ3) is 39.5. The van der Waals surface area contributed by atoms with Gasteiger partial charge < -0.3 is 19.1 Å². The van der Waals surface area contributed by atoms with E-state index < -0.39 is 0 Å². The first kappa shape index (κ1) is 53.9. The fraction of sp³-hybridized carbons (Fsp3) is 0.959. The van der Waals surface area contributed by atoms with Crippen LogP contribution in [-0.2, 0) is 23.8 Å². The smallest absolute Gasteiger partial charge is 0.305 e.